The Morgan fingerprint density at radius 2 is 1.00 bits per heavy atom. The van der Waals surface area contributed by atoms with Gasteiger partial charge in [0.15, 0.2) is 23.7 Å². The van der Waals surface area contributed by atoms with Gasteiger partial charge in [-0.25, -0.2) is 14.4 Å². The second-order valence-corrected chi connectivity index (χ2v) is 9.86. The summed E-state index contributed by atoms with van der Waals surface area (Å²) in [5.74, 6) is -2.04. The van der Waals surface area contributed by atoms with E-state index in [0.29, 0.717) is 0 Å². The minimum absolute atomic E-state index is 0.0379. The first kappa shape index (κ1) is 23.9. The largest absolute Gasteiger partial charge is 0.452 e. The van der Waals surface area contributed by atoms with Crippen LogP contribution in [-0.2, 0) is 29.7 Å². The van der Waals surface area contributed by atoms with Crippen molar-refractivity contribution in [2.75, 3.05) is 5.75 Å². The van der Waals surface area contributed by atoms with Crippen molar-refractivity contribution in [3.63, 3.8) is 0 Å². The lowest BCUT2D eigenvalue weighted by Gasteiger charge is -2.39. The van der Waals surface area contributed by atoms with Crippen LogP contribution < -0.4 is 0 Å². The van der Waals surface area contributed by atoms with E-state index in [-0.39, 0.29) is 22.4 Å². The number of hydrogen-bond donors (Lipinski definition) is 0. The SMILES string of the molecule is O=C(O[C@@H]1[C@@H](OC(=O)c2ccccc2)[C@H]2O[C@H](CS2=O)[C@H]1OC(=O)c1ccccc1)c1ccccc1. The van der Waals surface area contributed by atoms with Gasteiger partial charge in [-0.3, -0.25) is 4.21 Å². The monoisotopic (exact) mass is 506 g/mol. The summed E-state index contributed by atoms with van der Waals surface area (Å²) < 4.78 is 36.1. The molecule has 0 radical (unpaired) electrons. The maximum Gasteiger partial charge on any atom is 0.338 e. The van der Waals surface area contributed by atoms with E-state index in [1.807, 2.05) is 0 Å². The molecule has 0 saturated carbocycles. The third-order valence-corrected chi connectivity index (χ3v) is 7.49. The maximum absolute atomic E-state index is 13.0. The van der Waals surface area contributed by atoms with Gasteiger partial charge in [0.2, 0.25) is 0 Å². The molecule has 2 heterocycles. The van der Waals surface area contributed by atoms with E-state index in [2.05, 4.69) is 0 Å². The van der Waals surface area contributed by atoms with Crippen molar-refractivity contribution < 1.29 is 37.5 Å². The predicted octanol–water partition coefficient (Wildman–Crippen LogP) is 3.15. The van der Waals surface area contributed by atoms with Crippen molar-refractivity contribution in [1.29, 1.82) is 0 Å². The van der Waals surface area contributed by atoms with Gasteiger partial charge in [-0.15, -0.1) is 0 Å². The summed E-state index contributed by atoms with van der Waals surface area (Å²) in [5, 5.41) is 0. The van der Waals surface area contributed by atoms with Crippen LogP contribution in [0.5, 0.6) is 0 Å². The van der Waals surface area contributed by atoms with E-state index in [1.165, 1.54) is 0 Å². The molecule has 3 aromatic rings. The van der Waals surface area contributed by atoms with E-state index in [0.717, 1.165) is 0 Å². The van der Waals surface area contributed by atoms with Gasteiger partial charge >= 0.3 is 17.9 Å². The summed E-state index contributed by atoms with van der Waals surface area (Å²) in [5.41, 5.74) is -0.235. The minimum atomic E-state index is -1.57. The number of carbonyl (C=O) groups is 3. The lowest BCUT2D eigenvalue weighted by molar-refractivity contribution is -0.187. The first-order chi connectivity index (χ1) is 17.5. The summed E-state index contributed by atoms with van der Waals surface area (Å²) in [6.45, 7) is 0. The number of fused-ring (bicyclic) bond motifs is 2. The molecule has 184 valence electrons. The van der Waals surface area contributed by atoms with Crippen molar-refractivity contribution in [1.82, 2.24) is 0 Å². The number of rotatable bonds is 6. The van der Waals surface area contributed by atoms with Crippen LogP contribution in [0.25, 0.3) is 0 Å². The van der Waals surface area contributed by atoms with Crippen molar-refractivity contribution >= 4 is 28.7 Å². The van der Waals surface area contributed by atoms with E-state index in [4.69, 9.17) is 18.9 Å². The Balaban J connectivity index is 1.47. The summed E-state index contributed by atoms with van der Waals surface area (Å²) in [7, 11) is -1.57. The lowest BCUT2D eigenvalue weighted by atomic mass is 9.99. The third-order valence-electron chi connectivity index (χ3n) is 5.94. The fraction of sp³-hybridized carbons (Fsp3) is 0.222. The first-order valence-electron chi connectivity index (χ1n) is 11.3. The molecule has 8 nitrogen and oxygen atoms in total. The van der Waals surface area contributed by atoms with Gasteiger partial charge in [-0.2, -0.15) is 0 Å². The van der Waals surface area contributed by atoms with Crippen LogP contribution in [0.4, 0.5) is 0 Å². The average molecular weight is 507 g/mol. The summed E-state index contributed by atoms with van der Waals surface area (Å²) in [6, 6.07) is 24.8. The highest BCUT2D eigenvalue weighted by molar-refractivity contribution is 7.85. The van der Waals surface area contributed by atoms with Gasteiger partial charge in [0.25, 0.3) is 0 Å². The van der Waals surface area contributed by atoms with E-state index in [9.17, 15) is 18.6 Å². The molecule has 2 saturated heterocycles. The zero-order chi connectivity index (χ0) is 25.1. The number of benzene rings is 3. The van der Waals surface area contributed by atoms with Gasteiger partial charge < -0.3 is 18.9 Å². The maximum atomic E-state index is 13.0. The Morgan fingerprint density at radius 1 is 0.611 bits per heavy atom. The molecule has 5 rings (SSSR count). The summed E-state index contributed by atoms with van der Waals surface area (Å²) in [4.78, 5) is 38.9. The zero-order valence-corrected chi connectivity index (χ0v) is 19.7. The molecule has 36 heavy (non-hydrogen) atoms. The molecule has 2 bridgehead atoms. The molecule has 9 heteroatoms. The van der Waals surface area contributed by atoms with Crippen LogP contribution in [0.2, 0.25) is 0 Å². The molecular weight excluding hydrogens is 484 g/mol. The molecule has 2 fully saturated rings. The van der Waals surface area contributed by atoms with E-state index >= 15 is 0 Å². The Bertz CT molecular complexity index is 1260. The Labute approximate surface area is 209 Å². The number of hydrogen-bond acceptors (Lipinski definition) is 8. The van der Waals surface area contributed by atoms with Crippen LogP contribution in [0.1, 0.15) is 31.1 Å². The van der Waals surface area contributed by atoms with Gasteiger partial charge in [0.05, 0.1) is 33.2 Å². The van der Waals surface area contributed by atoms with Crippen LogP contribution in [0.3, 0.4) is 0 Å². The third kappa shape index (κ3) is 4.93. The van der Waals surface area contributed by atoms with Gasteiger partial charge in [-0.1, -0.05) is 54.6 Å². The molecule has 6 atom stereocenters. The van der Waals surface area contributed by atoms with Crippen LogP contribution in [-0.4, -0.2) is 57.7 Å². The molecule has 1 unspecified atom stereocenters. The molecule has 2 aliphatic rings. The smallest absolute Gasteiger partial charge is 0.338 e. The Kier molecular flexibility index (Phi) is 6.92. The second kappa shape index (κ2) is 10.4. The molecular formula is C27H22O8S. The lowest BCUT2D eigenvalue weighted by Crippen LogP contribution is -2.58. The second-order valence-electron chi connectivity index (χ2n) is 8.30. The Morgan fingerprint density at radius 3 is 1.44 bits per heavy atom. The standard InChI is InChI=1S/C27H22O8S/c28-24(17-10-4-1-5-11-17)33-21-20-16-36(31)27(32-20)23(35-26(30)19-14-8-3-9-15-19)22(21)34-25(29)18-12-6-2-7-13-18/h1-15,20-23,27H,16H2/t20-,21-,22+,23-,27+,36?/m1/s1. The Hall–Kier alpha value is -3.82. The van der Waals surface area contributed by atoms with E-state index < -0.39 is 58.6 Å². The molecule has 0 aromatic heterocycles. The van der Waals surface area contributed by atoms with E-state index in [1.54, 1.807) is 91.0 Å². The highest BCUT2D eigenvalue weighted by atomic mass is 32.2. The number of carbonyl (C=O) groups excluding carboxylic acids is 3. The topological polar surface area (TPSA) is 105 Å². The highest BCUT2D eigenvalue weighted by Crippen LogP contribution is 2.36. The zero-order valence-electron chi connectivity index (χ0n) is 18.9. The highest BCUT2D eigenvalue weighted by Gasteiger charge is 2.58. The molecule has 0 aliphatic carbocycles. The number of esters is 3. The van der Waals surface area contributed by atoms with Gasteiger partial charge in [-0.05, 0) is 36.4 Å². The van der Waals surface area contributed by atoms with Crippen LogP contribution in [0.15, 0.2) is 91.0 Å². The van der Waals surface area contributed by atoms with Crippen molar-refractivity contribution in [2.24, 2.45) is 0 Å². The van der Waals surface area contributed by atoms with Crippen LogP contribution in [0, 0.1) is 0 Å². The van der Waals surface area contributed by atoms with Gasteiger partial charge in [0, 0.05) is 0 Å². The molecule has 0 amide bonds. The minimum Gasteiger partial charge on any atom is -0.452 e. The molecule has 3 aromatic carbocycles. The quantitative estimate of drug-likeness (QED) is 0.371. The first-order valence-corrected chi connectivity index (χ1v) is 12.7. The fourth-order valence-electron chi connectivity index (χ4n) is 4.18. The molecule has 2 aliphatic heterocycles. The van der Waals surface area contributed by atoms with Crippen LogP contribution >= 0.6 is 0 Å². The fourth-order valence-corrected chi connectivity index (χ4v) is 5.74. The van der Waals surface area contributed by atoms with Crippen molar-refractivity contribution in [2.45, 2.75) is 29.9 Å². The number of ether oxygens (including phenoxy) is 4. The van der Waals surface area contributed by atoms with Crippen molar-refractivity contribution in [3.05, 3.63) is 108 Å². The average Bonchev–Trinajstić information content (AvgIpc) is 3.27. The van der Waals surface area contributed by atoms with Gasteiger partial charge in [0.1, 0.15) is 6.10 Å². The molecule has 0 spiro atoms. The van der Waals surface area contributed by atoms with Crippen molar-refractivity contribution in [3.8, 4) is 0 Å². The molecule has 0 N–H and O–H groups in total. The normalized spacial score (nSPS) is 26.6. The summed E-state index contributed by atoms with van der Waals surface area (Å²) in [6.07, 6.45) is -4.46. The predicted molar refractivity (Wildman–Crippen MR) is 129 cm³/mol. The summed E-state index contributed by atoms with van der Waals surface area (Å²) >= 11 is 0.